The van der Waals surface area contributed by atoms with Gasteiger partial charge in [0.2, 0.25) is 0 Å². The van der Waals surface area contributed by atoms with Crippen LogP contribution in [-0.2, 0) is 12.8 Å². The molecule has 1 aliphatic rings. The third-order valence-electron chi connectivity index (χ3n) is 5.64. The number of ether oxygens (including phenoxy) is 1. The predicted molar refractivity (Wildman–Crippen MR) is 132 cm³/mol. The Hall–Kier alpha value is -2.28. The number of benzene rings is 3. The summed E-state index contributed by atoms with van der Waals surface area (Å²) in [6.07, 6.45) is 2.10. The number of carboxylic acids is 1. The quantitative estimate of drug-likeness (QED) is 0.360. The van der Waals surface area contributed by atoms with Crippen LogP contribution in [0.5, 0.6) is 11.5 Å². The number of carbonyl (C=O) groups is 1. The Balaban J connectivity index is 0.00000306. The van der Waals surface area contributed by atoms with Crippen LogP contribution >= 0.6 is 35.6 Å². The normalized spacial score (nSPS) is 15.8. The van der Waals surface area contributed by atoms with E-state index in [2.05, 4.69) is 11.4 Å². The number of aliphatic hydroxyl groups is 1. The minimum Gasteiger partial charge on any atom is -0.478 e. The number of nitrogens with one attached hydrogen (secondary N) is 1. The van der Waals surface area contributed by atoms with Crippen LogP contribution in [0.15, 0.2) is 60.7 Å². The summed E-state index contributed by atoms with van der Waals surface area (Å²) >= 11 is 12.0. The zero-order valence-corrected chi connectivity index (χ0v) is 20.0. The van der Waals surface area contributed by atoms with Crippen molar-refractivity contribution in [1.82, 2.24) is 5.32 Å². The molecule has 0 saturated carbocycles. The van der Waals surface area contributed by atoms with Gasteiger partial charge in [0, 0.05) is 17.6 Å². The third kappa shape index (κ3) is 6.40. The second kappa shape index (κ2) is 11.2. The molecule has 4 rings (SSSR count). The Kier molecular flexibility index (Phi) is 8.63. The lowest BCUT2D eigenvalue weighted by molar-refractivity contribution is 0.0696. The number of aromatic carboxylic acids is 1. The molecule has 0 amide bonds. The second-order valence-corrected chi connectivity index (χ2v) is 8.74. The van der Waals surface area contributed by atoms with Crippen molar-refractivity contribution < 1.29 is 19.7 Å². The van der Waals surface area contributed by atoms with Crippen molar-refractivity contribution in [3.63, 3.8) is 0 Å². The first kappa shape index (κ1) is 25.3. The molecule has 5 nitrogen and oxygen atoms in total. The number of rotatable bonds is 7. The molecule has 174 valence electrons. The van der Waals surface area contributed by atoms with E-state index in [0.29, 0.717) is 23.1 Å². The molecule has 0 unspecified atom stereocenters. The molecule has 8 heteroatoms. The first-order valence-corrected chi connectivity index (χ1v) is 11.1. The van der Waals surface area contributed by atoms with Crippen molar-refractivity contribution in [1.29, 1.82) is 0 Å². The van der Waals surface area contributed by atoms with Crippen molar-refractivity contribution in [2.24, 2.45) is 0 Å². The highest BCUT2D eigenvalue weighted by atomic mass is 35.5. The summed E-state index contributed by atoms with van der Waals surface area (Å²) in [5, 5.41) is 24.0. The Morgan fingerprint density at radius 3 is 2.58 bits per heavy atom. The Labute approximate surface area is 208 Å². The molecule has 0 aromatic heterocycles. The number of hydrogen-bond acceptors (Lipinski definition) is 4. The smallest absolute Gasteiger partial charge is 0.337 e. The molecule has 0 fully saturated rings. The lowest BCUT2D eigenvalue weighted by Crippen LogP contribution is -2.37. The topological polar surface area (TPSA) is 78.8 Å². The van der Waals surface area contributed by atoms with E-state index < -0.39 is 12.1 Å². The van der Waals surface area contributed by atoms with E-state index in [4.69, 9.17) is 27.9 Å². The molecule has 2 atom stereocenters. The third-order valence-corrected chi connectivity index (χ3v) is 6.21. The highest BCUT2D eigenvalue weighted by molar-refractivity contribution is 6.33. The maximum Gasteiger partial charge on any atom is 0.337 e. The average Bonchev–Trinajstić information content (AvgIpc) is 2.78. The molecule has 3 aromatic rings. The number of aryl methyl sites for hydroxylation is 1. The highest BCUT2D eigenvalue weighted by Gasteiger charge is 2.20. The number of carboxylic acid groups (broad SMARTS) is 1. The van der Waals surface area contributed by atoms with E-state index >= 15 is 0 Å². The monoisotopic (exact) mass is 507 g/mol. The number of halogens is 3. The minimum atomic E-state index is -1.10. The lowest BCUT2D eigenvalue weighted by atomic mass is 9.88. The molecule has 1 aliphatic carbocycles. The molecule has 0 spiro atoms. The molecular formula is C25H24Cl3NO4. The van der Waals surface area contributed by atoms with E-state index in [1.807, 2.05) is 24.3 Å². The van der Waals surface area contributed by atoms with Gasteiger partial charge in [-0.2, -0.15) is 0 Å². The zero-order valence-electron chi connectivity index (χ0n) is 17.6. The van der Waals surface area contributed by atoms with Gasteiger partial charge in [-0.15, -0.1) is 12.4 Å². The average molecular weight is 509 g/mol. The molecule has 3 N–H and O–H groups in total. The Morgan fingerprint density at radius 1 is 1.06 bits per heavy atom. The maximum absolute atomic E-state index is 11.3. The van der Waals surface area contributed by atoms with Gasteiger partial charge in [0.05, 0.1) is 16.7 Å². The fourth-order valence-electron chi connectivity index (χ4n) is 3.95. The minimum absolute atomic E-state index is 0. The standard InChI is InChI=1S/C25H23Cl2NO4.ClH/c26-18-3-1-2-16(10-18)24(29)14-28-19-6-4-15-5-7-20(12-17(15)11-19)32-21-8-9-23(27)22(13-21)25(30)31;/h1-3,5,7-10,12-13,19,24,28-29H,4,6,11,14H2,(H,30,31);1H/t19-,24+;/m0./s1. The Morgan fingerprint density at radius 2 is 1.82 bits per heavy atom. The van der Waals surface area contributed by atoms with Crippen LogP contribution in [0.25, 0.3) is 0 Å². The molecule has 0 saturated heterocycles. The van der Waals surface area contributed by atoms with Gasteiger partial charge < -0.3 is 20.3 Å². The van der Waals surface area contributed by atoms with Gasteiger partial charge in [-0.25, -0.2) is 4.79 Å². The SMILES string of the molecule is Cl.O=C(O)c1cc(Oc2ccc3c(c2)C[C@@H](NC[C@@H](O)c2cccc(Cl)c2)CC3)ccc1Cl. The van der Waals surface area contributed by atoms with Gasteiger partial charge in [0.1, 0.15) is 11.5 Å². The van der Waals surface area contributed by atoms with Crippen molar-refractivity contribution in [3.05, 3.63) is 93.0 Å². The van der Waals surface area contributed by atoms with Crippen LogP contribution in [0.4, 0.5) is 0 Å². The molecule has 0 aliphatic heterocycles. The fraction of sp³-hybridized carbons (Fsp3) is 0.240. The van der Waals surface area contributed by atoms with Crippen molar-refractivity contribution in [3.8, 4) is 11.5 Å². The van der Waals surface area contributed by atoms with E-state index in [0.717, 1.165) is 24.8 Å². The summed E-state index contributed by atoms with van der Waals surface area (Å²) in [6.45, 7) is 0.444. The molecular weight excluding hydrogens is 485 g/mol. The van der Waals surface area contributed by atoms with Crippen LogP contribution in [0.1, 0.15) is 39.6 Å². The maximum atomic E-state index is 11.3. The molecule has 0 bridgehead atoms. The van der Waals surface area contributed by atoms with Crippen LogP contribution in [0.2, 0.25) is 10.0 Å². The summed E-state index contributed by atoms with van der Waals surface area (Å²) < 4.78 is 5.90. The highest BCUT2D eigenvalue weighted by Crippen LogP contribution is 2.30. The largest absolute Gasteiger partial charge is 0.478 e. The first-order valence-electron chi connectivity index (χ1n) is 10.4. The van der Waals surface area contributed by atoms with Crippen molar-refractivity contribution in [2.45, 2.75) is 31.4 Å². The molecule has 3 aromatic carbocycles. The second-order valence-electron chi connectivity index (χ2n) is 7.90. The van der Waals surface area contributed by atoms with Crippen molar-refractivity contribution >= 4 is 41.6 Å². The van der Waals surface area contributed by atoms with Gasteiger partial charge in [-0.1, -0.05) is 41.4 Å². The van der Waals surface area contributed by atoms with Crippen molar-refractivity contribution in [2.75, 3.05) is 6.54 Å². The van der Waals surface area contributed by atoms with Gasteiger partial charge >= 0.3 is 5.97 Å². The summed E-state index contributed by atoms with van der Waals surface area (Å²) in [4.78, 5) is 11.3. The number of hydrogen-bond donors (Lipinski definition) is 3. The Bertz CT molecular complexity index is 1140. The summed E-state index contributed by atoms with van der Waals surface area (Å²) in [5.74, 6) is -0.0383. The van der Waals surface area contributed by atoms with E-state index in [-0.39, 0.29) is 29.0 Å². The molecule has 33 heavy (non-hydrogen) atoms. The van der Waals surface area contributed by atoms with Crippen LogP contribution in [0, 0.1) is 0 Å². The van der Waals surface area contributed by atoms with Crippen LogP contribution in [0.3, 0.4) is 0 Å². The first-order chi connectivity index (χ1) is 15.4. The van der Waals surface area contributed by atoms with Gasteiger partial charge in [0.15, 0.2) is 0 Å². The summed E-state index contributed by atoms with van der Waals surface area (Å²) in [7, 11) is 0. The predicted octanol–water partition coefficient (Wildman–Crippen LogP) is 6.09. The summed E-state index contributed by atoms with van der Waals surface area (Å²) in [5.41, 5.74) is 3.24. The lowest BCUT2D eigenvalue weighted by Gasteiger charge is -2.27. The van der Waals surface area contributed by atoms with Gasteiger partial charge in [0.25, 0.3) is 0 Å². The van der Waals surface area contributed by atoms with E-state index in [1.165, 1.54) is 23.3 Å². The van der Waals surface area contributed by atoms with E-state index in [1.54, 1.807) is 18.2 Å². The van der Waals surface area contributed by atoms with Crippen LogP contribution < -0.4 is 10.1 Å². The fourth-order valence-corrected chi connectivity index (χ4v) is 4.35. The zero-order chi connectivity index (χ0) is 22.7. The van der Waals surface area contributed by atoms with Crippen LogP contribution in [-0.4, -0.2) is 28.8 Å². The molecule has 0 radical (unpaired) electrons. The van der Waals surface area contributed by atoms with Gasteiger partial charge in [-0.05, 0) is 78.4 Å². The summed E-state index contributed by atoms with van der Waals surface area (Å²) in [6, 6.07) is 18.0. The number of aliphatic hydroxyl groups excluding tert-OH is 1. The molecule has 0 heterocycles. The van der Waals surface area contributed by atoms with Gasteiger partial charge in [-0.3, -0.25) is 0 Å². The number of fused-ring (bicyclic) bond motifs is 1. The van der Waals surface area contributed by atoms with E-state index in [9.17, 15) is 15.0 Å².